The zero-order chi connectivity index (χ0) is 40.2. The lowest BCUT2D eigenvalue weighted by Crippen LogP contribution is -2.31. The van der Waals surface area contributed by atoms with Crippen LogP contribution in [0.3, 0.4) is 0 Å². The molecule has 1 rings (SSSR count). The molecule has 0 aliphatic heterocycles. The highest BCUT2D eigenvalue weighted by atomic mass is 15.0. The smallest absolute Gasteiger partial charge is 0.00218 e. The molecule has 1 fully saturated rings. The van der Waals surface area contributed by atoms with E-state index < -0.39 is 0 Å². The van der Waals surface area contributed by atoms with Crippen molar-refractivity contribution in [3.8, 4) is 0 Å². The Morgan fingerprint density at radius 2 is 1.20 bits per heavy atom. The van der Waals surface area contributed by atoms with Crippen LogP contribution in [-0.4, -0.2) is 25.5 Å². The van der Waals surface area contributed by atoms with Gasteiger partial charge in [-0.05, 0) is 112 Å². The van der Waals surface area contributed by atoms with Crippen LogP contribution < -0.4 is 0 Å². The first-order chi connectivity index (χ1) is 23.7. The Morgan fingerprint density at radius 3 is 1.57 bits per heavy atom. The lowest BCUT2D eigenvalue weighted by atomic mass is 9.64. The third kappa shape index (κ3) is 26.6. The molecular formula is C50H101N. The molecule has 1 nitrogen and oxygen atoms in total. The molecule has 0 radical (unpaired) electrons. The molecule has 1 saturated carbocycles. The molecule has 1 aliphatic rings. The van der Waals surface area contributed by atoms with E-state index >= 15 is 0 Å². The molecular weight excluding hydrogens is 615 g/mol. The molecule has 0 N–H and O–H groups in total. The maximum Gasteiger partial charge on any atom is -0.00218 e. The summed E-state index contributed by atoms with van der Waals surface area (Å²) in [6.45, 7) is 46.2. The first kappa shape index (κ1) is 54.5. The quantitative estimate of drug-likeness (QED) is 0.0672. The third-order valence-electron chi connectivity index (χ3n) is 13.7. The Kier molecular flexibility index (Phi) is 32.6. The van der Waals surface area contributed by atoms with Crippen molar-refractivity contribution in [2.75, 3.05) is 20.6 Å². The second kappa shape index (κ2) is 30.5. The van der Waals surface area contributed by atoms with Crippen molar-refractivity contribution in [2.45, 2.75) is 231 Å². The molecule has 1 aliphatic carbocycles. The predicted octanol–water partition coefficient (Wildman–Crippen LogP) is 17.5. The monoisotopic (exact) mass is 716 g/mol. The van der Waals surface area contributed by atoms with Crippen LogP contribution in [0.2, 0.25) is 0 Å². The van der Waals surface area contributed by atoms with Gasteiger partial charge in [-0.15, -0.1) is 19.7 Å². The molecule has 0 amide bonds. The van der Waals surface area contributed by atoms with Gasteiger partial charge in [-0.25, -0.2) is 0 Å². The molecule has 0 bridgehead atoms. The highest BCUT2D eigenvalue weighted by Gasteiger charge is 2.45. The van der Waals surface area contributed by atoms with Gasteiger partial charge in [0.05, 0.1) is 0 Å². The van der Waals surface area contributed by atoms with Crippen LogP contribution in [-0.2, 0) is 0 Å². The molecule has 51 heavy (non-hydrogen) atoms. The third-order valence-corrected chi connectivity index (χ3v) is 13.7. The summed E-state index contributed by atoms with van der Waals surface area (Å²) in [5, 5.41) is 0. The van der Waals surface area contributed by atoms with Gasteiger partial charge in [-0.3, -0.25) is 0 Å². The van der Waals surface area contributed by atoms with Gasteiger partial charge < -0.3 is 4.90 Å². The average Bonchev–Trinajstić information content (AvgIpc) is 3.23. The molecule has 0 spiro atoms. The summed E-state index contributed by atoms with van der Waals surface area (Å²) in [6, 6.07) is 0. The van der Waals surface area contributed by atoms with E-state index in [1.807, 2.05) is 0 Å². The maximum absolute atomic E-state index is 4.42. The highest BCUT2D eigenvalue weighted by Crippen LogP contribution is 2.55. The van der Waals surface area contributed by atoms with Gasteiger partial charge in [0.1, 0.15) is 0 Å². The van der Waals surface area contributed by atoms with Crippen LogP contribution in [0.4, 0.5) is 0 Å². The fourth-order valence-electron chi connectivity index (χ4n) is 7.48. The lowest BCUT2D eigenvalue weighted by molar-refractivity contribution is 0.0929. The second-order valence-corrected chi connectivity index (χ2v) is 19.5. The van der Waals surface area contributed by atoms with Crippen molar-refractivity contribution in [1.29, 1.82) is 0 Å². The lowest BCUT2D eigenvalue weighted by Gasteiger charge is -2.41. The summed E-state index contributed by atoms with van der Waals surface area (Å²) in [6.07, 6.45) is 30.0. The fraction of sp³-hybridized carbons (Fsp3) is 0.880. The van der Waals surface area contributed by atoms with Gasteiger partial charge in [0, 0.05) is 0 Å². The number of hydrogen-bond acceptors (Lipinski definition) is 1. The molecule has 0 aromatic heterocycles. The molecule has 0 aromatic carbocycles. The van der Waals surface area contributed by atoms with E-state index in [0.717, 1.165) is 11.8 Å². The predicted molar refractivity (Wildman–Crippen MR) is 240 cm³/mol. The van der Waals surface area contributed by atoms with Crippen molar-refractivity contribution < 1.29 is 0 Å². The van der Waals surface area contributed by atoms with E-state index in [9.17, 15) is 0 Å². The van der Waals surface area contributed by atoms with E-state index in [1.165, 1.54) is 159 Å². The Balaban J connectivity index is -0.000000810. The Morgan fingerprint density at radius 1 is 0.706 bits per heavy atom. The molecule has 306 valence electrons. The molecule has 0 heterocycles. The van der Waals surface area contributed by atoms with Crippen molar-refractivity contribution in [2.24, 2.45) is 33.5 Å². The van der Waals surface area contributed by atoms with E-state index in [0.29, 0.717) is 21.7 Å². The van der Waals surface area contributed by atoms with Crippen molar-refractivity contribution in [3.05, 3.63) is 37.5 Å². The Bertz CT molecular complexity index is 824. The maximum atomic E-state index is 4.42. The van der Waals surface area contributed by atoms with Gasteiger partial charge in [0.15, 0.2) is 0 Å². The normalized spacial score (nSPS) is 17.0. The van der Waals surface area contributed by atoms with Crippen LogP contribution in [0, 0.1) is 33.5 Å². The van der Waals surface area contributed by atoms with Crippen molar-refractivity contribution in [1.82, 2.24) is 4.90 Å². The molecule has 0 saturated heterocycles. The largest absolute Gasteiger partial charge is 0.309 e. The van der Waals surface area contributed by atoms with Crippen LogP contribution in [0.15, 0.2) is 37.5 Å². The van der Waals surface area contributed by atoms with Gasteiger partial charge >= 0.3 is 0 Å². The summed E-state index contributed by atoms with van der Waals surface area (Å²) >= 11 is 0. The summed E-state index contributed by atoms with van der Waals surface area (Å²) in [4.78, 5) is 2.29. The first-order valence-electron chi connectivity index (χ1n) is 22.2. The zero-order valence-electron chi connectivity index (χ0n) is 38.7. The Hall–Kier alpha value is -0.820. The van der Waals surface area contributed by atoms with Gasteiger partial charge in [-0.2, -0.15) is 0 Å². The van der Waals surface area contributed by atoms with E-state index in [4.69, 9.17) is 0 Å². The van der Waals surface area contributed by atoms with Gasteiger partial charge in [0.25, 0.3) is 0 Å². The summed E-state index contributed by atoms with van der Waals surface area (Å²) in [5.41, 5.74) is 4.94. The minimum atomic E-state index is 0.489. The number of unbranched alkanes of at least 4 members (excludes halogenated alkanes) is 9. The van der Waals surface area contributed by atoms with Crippen LogP contribution in [0.25, 0.3) is 0 Å². The second-order valence-electron chi connectivity index (χ2n) is 19.5. The highest BCUT2D eigenvalue weighted by molar-refractivity contribution is 4.96. The van der Waals surface area contributed by atoms with E-state index in [-0.39, 0.29) is 0 Å². The summed E-state index contributed by atoms with van der Waals surface area (Å²) in [7, 11) is 4.33. The van der Waals surface area contributed by atoms with E-state index in [2.05, 4.69) is 135 Å². The minimum Gasteiger partial charge on any atom is -0.309 e. The van der Waals surface area contributed by atoms with Gasteiger partial charge in [0.2, 0.25) is 0 Å². The number of allylic oxidation sites excluding steroid dienone is 2. The first-order valence-corrected chi connectivity index (χ1v) is 22.2. The van der Waals surface area contributed by atoms with Crippen LogP contribution in [0.5, 0.6) is 0 Å². The molecule has 0 aromatic rings. The van der Waals surface area contributed by atoms with Crippen LogP contribution in [0.1, 0.15) is 231 Å². The summed E-state index contributed by atoms with van der Waals surface area (Å²) < 4.78 is 0. The average molecular weight is 716 g/mol. The molecule has 2 atom stereocenters. The summed E-state index contributed by atoms with van der Waals surface area (Å²) in [5.74, 6) is 1.79. The fourth-order valence-corrected chi connectivity index (χ4v) is 7.48. The van der Waals surface area contributed by atoms with E-state index in [1.54, 1.807) is 0 Å². The molecule has 2 unspecified atom stereocenters. The molecule has 1 heteroatoms. The number of nitrogens with zero attached hydrogens (tertiary/aromatic N) is 1. The standard InChI is InChI=1S/C27H53N.C11H24.C10H20.C2H4/c1-7-8-9-10-13-16-21-27(24-26(4)20-18-23-28(5)6)22-17-14-11-12-15-19-25(2)3;1-7-9-11(5,6)10(3,4)8-2;1-8-6-7-9(2,3)10(8,4)5;1-2/h27H,2,4,7-24H2,1,3,5-6H3;7-9H2,1-6H3;8H,6-7H2,1-5H3;1-2H2. The van der Waals surface area contributed by atoms with Gasteiger partial charge in [-0.1, -0.05) is 191 Å². The van der Waals surface area contributed by atoms with Crippen LogP contribution >= 0.6 is 0 Å². The van der Waals surface area contributed by atoms with Crippen molar-refractivity contribution >= 4 is 0 Å². The Labute approximate surface area is 326 Å². The SMILES string of the molecule is C=C.C=C(C)CCCCCCCC(CCCCCCCC)CC(=C)CCCN(C)C.CC1CCC(C)(C)C1(C)C.CCCC(C)(C)C(C)(C)CC. The topological polar surface area (TPSA) is 3.24 Å². The zero-order valence-corrected chi connectivity index (χ0v) is 38.7. The van der Waals surface area contributed by atoms with Crippen molar-refractivity contribution in [3.63, 3.8) is 0 Å². The minimum absolute atomic E-state index is 0.489. The number of rotatable bonds is 25. The number of hydrogen-bond donors (Lipinski definition) is 0.